The van der Waals surface area contributed by atoms with Crippen molar-refractivity contribution >= 4 is 44.0 Å². The van der Waals surface area contributed by atoms with E-state index in [9.17, 15) is 23.1 Å². The Kier molecular flexibility index (Phi) is 6.07. The molecular formula is C15H9Br2F3N2O3. The van der Waals surface area contributed by atoms with Crippen molar-refractivity contribution in [3.63, 3.8) is 0 Å². The van der Waals surface area contributed by atoms with Crippen LogP contribution in [0.1, 0.15) is 15.9 Å². The number of phenols is 1. The number of alkyl halides is 3. The number of phenolic OH excluding ortho intramolecular Hbond substituents is 1. The van der Waals surface area contributed by atoms with Gasteiger partial charge in [0.2, 0.25) is 0 Å². The maximum absolute atomic E-state index is 12.2. The minimum Gasteiger partial charge on any atom is -0.507 e. The molecule has 25 heavy (non-hydrogen) atoms. The van der Waals surface area contributed by atoms with E-state index >= 15 is 0 Å². The fraction of sp³-hybridized carbons (Fsp3) is 0.0667. The second-order valence-corrected chi connectivity index (χ2v) is 6.36. The van der Waals surface area contributed by atoms with E-state index in [-0.39, 0.29) is 11.3 Å². The van der Waals surface area contributed by atoms with Crippen LogP contribution in [0.3, 0.4) is 0 Å². The number of ether oxygens (including phenoxy) is 1. The van der Waals surface area contributed by atoms with E-state index in [4.69, 9.17) is 0 Å². The van der Waals surface area contributed by atoms with Crippen LogP contribution in [0.5, 0.6) is 11.5 Å². The van der Waals surface area contributed by atoms with Crippen molar-refractivity contribution < 1.29 is 27.8 Å². The highest BCUT2D eigenvalue weighted by molar-refractivity contribution is 9.11. The number of nitrogens with zero attached hydrogens (tertiary/aromatic N) is 1. The zero-order chi connectivity index (χ0) is 18.6. The number of carbonyl (C=O) groups excluding carboxylic acids is 1. The van der Waals surface area contributed by atoms with Gasteiger partial charge in [-0.05, 0) is 52.3 Å². The smallest absolute Gasteiger partial charge is 0.507 e. The van der Waals surface area contributed by atoms with Gasteiger partial charge < -0.3 is 9.84 Å². The number of nitrogens with one attached hydrogen (secondary N) is 1. The van der Waals surface area contributed by atoms with E-state index in [1.165, 1.54) is 0 Å². The first-order valence-electron chi connectivity index (χ1n) is 6.53. The van der Waals surface area contributed by atoms with Crippen molar-refractivity contribution in [1.82, 2.24) is 5.43 Å². The average molecular weight is 482 g/mol. The molecule has 2 aromatic rings. The highest BCUT2D eigenvalue weighted by Gasteiger charge is 2.31. The molecule has 2 rings (SSSR count). The monoisotopic (exact) mass is 480 g/mol. The topological polar surface area (TPSA) is 70.9 Å². The van der Waals surface area contributed by atoms with E-state index in [1.54, 1.807) is 18.2 Å². The predicted molar refractivity (Wildman–Crippen MR) is 91.7 cm³/mol. The highest BCUT2D eigenvalue weighted by atomic mass is 79.9. The quantitative estimate of drug-likeness (QED) is 0.496. The predicted octanol–water partition coefficient (Wildman–Crippen LogP) is 4.58. The molecule has 0 aromatic heterocycles. The van der Waals surface area contributed by atoms with Crippen LogP contribution in [-0.4, -0.2) is 23.6 Å². The molecule has 0 aliphatic heterocycles. The van der Waals surface area contributed by atoms with Crippen molar-refractivity contribution in [3.8, 4) is 11.5 Å². The molecule has 132 valence electrons. The number of aromatic hydroxyl groups is 1. The van der Waals surface area contributed by atoms with Gasteiger partial charge in [0.15, 0.2) is 0 Å². The molecule has 10 heteroatoms. The molecule has 0 saturated carbocycles. The Balaban J connectivity index is 2.11. The Morgan fingerprint density at radius 1 is 1.20 bits per heavy atom. The van der Waals surface area contributed by atoms with Crippen molar-refractivity contribution in [2.45, 2.75) is 6.36 Å². The standard InChI is InChI=1S/C15H9Br2F3N2O3/c16-9-1-3-11(12(17)6-9)14(24)22-21-7-8-5-10(2-4-13(8)23)25-15(18,19)20/h1-7,23H,(H,22,24)/b21-7+. The molecule has 0 atom stereocenters. The molecule has 0 aliphatic rings. The van der Waals surface area contributed by atoms with Gasteiger partial charge in [0.1, 0.15) is 11.5 Å². The molecular weight excluding hydrogens is 473 g/mol. The van der Waals surface area contributed by atoms with Crippen molar-refractivity contribution in [3.05, 3.63) is 56.5 Å². The zero-order valence-corrected chi connectivity index (χ0v) is 15.3. The lowest BCUT2D eigenvalue weighted by molar-refractivity contribution is -0.274. The summed E-state index contributed by atoms with van der Waals surface area (Å²) < 4.78 is 41.7. The number of benzene rings is 2. The minimum atomic E-state index is -4.85. The summed E-state index contributed by atoms with van der Waals surface area (Å²) in [5, 5.41) is 13.3. The lowest BCUT2D eigenvalue weighted by Crippen LogP contribution is -2.18. The molecule has 0 unspecified atom stereocenters. The number of amides is 1. The Morgan fingerprint density at radius 3 is 2.56 bits per heavy atom. The van der Waals surface area contributed by atoms with E-state index in [2.05, 4.69) is 47.1 Å². The van der Waals surface area contributed by atoms with Crippen LogP contribution in [0.4, 0.5) is 13.2 Å². The molecule has 0 heterocycles. The number of rotatable bonds is 4. The summed E-state index contributed by atoms with van der Waals surface area (Å²) in [5.74, 6) is -1.39. The first-order chi connectivity index (χ1) is 11.7. The van der Waals surface area contributed by atoms with Gasteiger partial charge in [-0.1, -0.05) is 15.9 Å². The van der Waals surface area contributed by atoms with Gasteiger partial charge in [-0.2, -0.15) is 5.10 Å². The van der Waals surface area contributed by atoms with Crippen LogP contribution in [-0.2, 0) is 0 Å². The molecule has 1 amide bonds. The number of hydrogen-bond acceptors (Lipinski definition) is 4. The van der Waals surface area contributed by atoms with Gasteiger partial charge in [-0.3, -0.25) is 4.79 Å². The fourth-order valence-corrected chi connectivity index (χ4v) is 2.95. The Hall–Kier alpha value is -2.07. The van der Waals surface area contributed by atoms with E-state index < -0.39 is 18.0 Å². The first-order valence-corrected chi connectivity index (χ1v) is 8.11. The summed E-state index contributed by atoms with van der Waals surface area (Å²) in [4.78, 5) is 12.0. The normalized spacial score (nSPS) is 11.6. The van der Waals surface area contributed by atoms with Crippen LogP contribution in [0.25, 0.3) is 0 Å². The van der Waals surface area contributed by atoms with Crippen LogP contribution in [0.2, 0.25) is 0 Å². The fourth-order valence-electron chi connectivity index (χ4n) is 1.73. The second kappa shape index (κ2) is 7.87. The zero-order valence-electron chi connectivity index (χ0n) is 12.1. The Bertz CT molecular complexity index is 826. The average Bonchev–Trinajstić information content (AvgIpc) is 2.48. The summed E-state index contributed by atoms with van der Waals surface area (Å²) in [5.41, 5.74) is 2.46. The second-order valence-electron chi connectivity index (χ2n) is 4.59. The minimum absolute atomic E-state index is 0.0584. The summed E-state index contributed by atoms with van der Waals surface area (Å²) in [6.45, 7) is 0. The Morgan fingerprint density at radius 2 is 1.92 bits per heavy atom. The Labute approximate surface area is 156 Å². The van der Waals surface area contributed by atoms with E-state index in [1.807, 2.05) is 0 Å². The van der Waals surface area contributed by atoms with Crippen LogP contribution < -0.4 is 10.2 Å². The summed E-state index contributed by atoms with van der Waals surface area (Å²) in [7, 11) is 0. The summed E-state index contributed by atoms with van der Waals surface area (Å²) >= 11 is 6.48. The molecule has 0 fully saturated rings. The third kappa shape index (κ3) is 5.75. The molecule has 2 aromatic carbocycles. The molecule has 0 saturated heterocycles. The van der Waals surface area contributed by atoms with Crippen molar-refractivity contribution in [2.75, 3.05) is 0 Å². The molecule has 5 nitrogen and oxygen atoms in total. The van der Waals surface area contributed by atoms with Gasteiger partial charge in [0.05, 0.1) is 11.8 Å². The van der Waals surface area contributed by atoms with Gasteiger partial charge in [-0.15, -0.1) is 13.2 Å². The van der Waals surface area contributed by atoms with Crippen LogP contribution >= 0.6 is 31.9 Å². The number of hydrogen-bond donors (Lipinski definition) is 2. The third-order valence-corrected chi connectivity index (χ3v) is 3.93. The van der Waals surface area contributed by atoms with Crippen LogP contribution in [0.15, 0.2) is 50.4 Å². The van der Waals surface area contributed by atoms with Gasteiger partial charge in [0, 0.05) is 14.5 Å². The maximum Gasteiger partial charge on any atom is 0.573 e. The van der Waals surface area contributed by atoms with Gasteiger partial charge >= 0.3 is 6.36 Å². The lowest BCUT2D eigenvalue weighted by Gasteiger charge is -2.09. The molecule has 2 N–H and O–H groups in total. The largest absolute Gasteiger partial charge is 0.573 e. The van der Waals surface area contributed by atoms with Gasteiger partial charge in [-0.25, -0.2) is 5.43 Å². The number of carbonyl (C=O) groups is 1. The highest BCUT2D eigenvalue weighted by Crippen LogP contribution is 2.27. The van der Waals surface area contributed by atoms with E-state index in [0.29, 0.717) is 10.0 Å². The summed E-state index contributed by atoms with van der Waals surface area (Å²) in [6, 6.07) is 7.80. The van der Waals surface area contributed by atoms with Crippen LogP contribution in [0, 0.1) is 0 Å². The van der Waals surface area contributed by atoms with Crippen molar-refractivity contribution in [1.29, 1.82) is 0 Å². The number of halogens is 5. The van der Waals surface area contributed by atoms with E-state index in [0.717, 1.165) is 28.9 Å². The third-order valence-electron chi connectivity index (χ3n) is 2.78. The molecule has 0 radical (unpaired) electrons. The maximum atomic E-state index is 12.2. The molecule has 0 aliphatic carbocycles. The molecule has 0 bridgehead atoms. The summed E-state index contributed by atoms with van der Waals surface area (Å²) in [6.07, 6.45) is -3.85. The van der Waals surface area contributed by atoms with Crippen molar-refractivity contribution in [2.24, 2.45) is 5.10 Å². The first kappa shape index (κ1) is 19.3. The number of hydrazone groups is 1. The molecule has 0 spiro atoms. The van der Waals surface area contributed by atoms with Gasteiger partial charge in [0.25, 0.3) is 5.91 Å². The lowest BCUT2D eigenvalue weighted by atomic mass is 10.2. The SMILES string of the molecule is O=C(N/N=C/c1cc(OC(F)(F)F)ccc1O)c1ccc(Br)cc1Br.